The largest absolute Gasteiger partial charge is 0.465 e. The Hall–Kier alpha value is -1.26. The first-order valence-corrected chi connectivity index (χ1v) is 6.34. The highest BCUT2D eigenvalue weighted by atomic mass is 35.5. The average molecular weight is 270 g/mol. The number of hydrogen-bond donors (Lipinski definition) is 2. The molecule has 1 aromatic rings. The number of carbonyl (C=O) groups is 1. The molecule has 1 aliphatic rings. The fourth-order valence-electron chi connectivity index (χ4n) is 2.21. The van der Waals surface area contributed by atoms with Gasteiger partial charge in [-0.1, -0.05) is 29.8 Å². The number of benzene rings is 1. The van der Waals surface area contributed by atoms with Crippen molar-refractivity contribution in [2.75, 3.05) is 0 Å². The molecule has 0 aliphatic heterocycles. The van der Waals surface area contributed by atoms with Gasteiger partial charge in [-0.15, -0.1) is 0 Å². The van der Waals surface area contributed by atoms with Crippen LogP contribution in [0.3, 0.4) is 0 Å². The zero-order chi connectivity index (χ0) is 13.3. The van der Waals surface area contributed by atoms with E-state index in [1.54, 1.807) is 31.2 Å². The van der Waals surface area contributed by atoms with Crippen LogP contribution in [0.5, 0.6) is 0 Å². The number of hydrogen-bond acceptors (Lipinski definition) is 2. The molecule has 0 spiro atoms. The minimum atomic E-state index is -1.01. The molecule has 2 rings (SSSR count). The normalized spacial score (nSPS) is 18.2. The van der Waals surface area contributed by atoms with E-state index in [0.29, 0.717) is 10.6 Å². The molecule has 2 atom stereocenters. The predicted molar refractivity (Wildman–Crippen MR) is 68.8 cm³/mol. The third kappa shape index (κ3) is 2.60. The Morgan fingerprint density at radius 1 is 1.44 bits per heavy atom. The van der Waals surface area contributed by atoms with Crippen LogP contribution in [0.1, 0.15) is 31.4 Å². The smallest absolute Gasteiger partial charge is 0.408 e. The van der Waals surface area contributed by atoms with Crippen LogP contribution in [0.2, 0.25) is 5.02 Å². The van der Waals surface area contributed by atoms with Crippen LogP contribution in [-0.2, 0) is 0 Å². The van der Waals surface area contributed by atoms with E-state index in [2.05, 4.69) is 0 Å². The number of rotatable bonds is 4. The molecule has 1 amide bonds. The average Bonchev–Trinajstić information content (AvgIpc) is 3.10. The van der Waals surface area contributed by atoms with Crippen molar-refractivity contribution in [1.82, 2.24) is 4.90 Å². The van der Waals surface area contributed by atoms with Crippen LogP contribution in [0.4, 0.5) is 4.79 Å². The van der Waals surface area contributed by atoms with Crippen LogP contribution in [0, 0.1) is 0 Å². The topological polar surface area (TPSA) is 60.8 Å². The summed E-state index contributed by atoms with van der Waals surface area (Å²) in [6, 6.07) is 6.44. The summed E-state index contributed by atoms with van der Waals surface area (Å²) in [5, 5.41) is 19.7. The molecule has 1 unspecified atom stereocenters. The van der Waals surface area contributed by atoms with Crippen LogP contribution in [0.15, 0.2) is 24.3 Å². The molecular formula is C13H16ClNO3. The Labute approximate surface area is 111 Å². The maximum Gasteiger partial charge on any atom is 0.408 e. The quantitative estimate of drug-likeness (QED) is 0.883. The summed E-state index contributed by atoms with van der Waals surface area (Å²) >= 11 is 6.11. The van der Waals surface area contributed by atoms with E-state index >= 15 is 0 Å². The van der Waals surface area contributed by atoms with Crippen molar-refractivity contribution >= 4 is 17.7 Å². The highest BCUT2D eigenvalue weighted by molar-refractivity contribution is 6.31. The second-order valence-corrected chi connectivity index (χ2v) is 5.04. The van der Waals surface area contributed by atoms with Gasteiger partial charge in [-0.05, 0) is 31.4 Å². The standard InChI is InChI=1S/C13H16ClNO3/c1-8(16)12(10-4-2-3-5-11(10)14)15(13(17)18)9-6-7-9/h2-5,8-9,12,16H,6-7H2,1H3,(H,17,18)/t8-,12?/m1/s1. The maximum atomic E-state index is 11.4. The van der Waals surface area contributed by atoms with Gasteiger partial charge in [0.25, 0.3) is 0 Å². The zero-order valence-corrected chi connectivity index (χ0v) is 10.8. The molecule has 0 radical (unpaired) electrons. The Morgan fingerprint density at radius 2 is 2.06 bits per heavy atom. The Bertz CT molecular complexity index is 446. The van der Waals surface area contributed by atoms with Crippen LogP contribution >= 0.6 is 11.6 Å². The van der Waals surface area contributed by atoms with Crippen molar-refractivity contribution in [3.8, 4) is 0 Å². The molecule has 1 fully saturated rings. The second-order valence-electron chi connectivity index (χ2n) is 4.63. The summed E-state index contributed by atoms with van der Waals surface area (Å²) in [4.78, 5) is 12.7. The molecule has 98 valence electrons. The van der Waals surface area contributed by atoms with Gasteiger partial charge in [-0.2, -0.15) is 0 Å². The van der Waals surface area contributed by atoms with E-state index in [1.165, 1.54) is 4.90 Å². The number of halogens is 1. The van der Waals surface area contributed by atoms with Gasteiger partial charge >= 0.3 is 6.09 Å². The summed E-state index contributed by atoms with van der Waals surface area (Å²) in [7, 11) is 0. The van der Waals surface area contributed by atoms with E-state index in [1.807, 2.05) is 0 Å². The van der Waals surface area contributed by atoms with Gasteiger partial charge in [0.05, 0.1) is 12.1 Å². The molecule has 5 heteroatoms. The highest BCUT2D eigenvalue weighted by Crippen LogP contribution is 2.38. The van der Waals surface area contributed by atoms with E-state index in [0.717, 1.165) is 12.8 Å². The Kier molecular flexibility index (Phi) is 3.78. The number of aliphatic hydroxyl groups is 1. The van der Waals surface area contributed by atoms with Gasteiger partial charge in [0.2, 0.25) is 0 Å². The lowest BCUT2D eigenvalue weighted by molar-refractivity contribution is 0.0527. The van der Waals surface area contributed by atoms with Crippen molar-refractivity contribution in [1.29, 1.82) is 0 Å². The minimum absolute atomic E-state index is 0.00151. The molecule has 1 aromatic carbocycles. The molecule has 4 nitrogen and oxygen atoms in total. The maximum absolute atomic E-state index is 11.4. The molecule has 0 bridgehead atoms. The number of nitrogens with zero attached hydrogens (tertiary/aromatic N) is 1. The molecule has 0 saturated heterocycles. The van der Waals surface area contributed by atoms with Gasteiger partial charge in [0, 0.05) is 11.1 Å². The first kappa shape index (κ1) is 13.2. The molecule has 18 heavy (non-hydrogen) atoms. The van der Waals surface area contributed by atoms with Crippen molar-refractivity contribution < 1.29 is 15.0 Å². The van der Waals surface area contributed by atoms with Crippen LogP contribution < -0.4 is 0 Å². The molecule has 1 aliphatic carbocycles. The molecule has 0 aromatic heterocycles. The first-order valence-electron chi connectivity index (χ1n) is 5.96. The monoisotopic (exact) mass is 269 g/mol. The van der Waals surface area contributed by atoms with Gasteiger partial charge in [0.15, 0.2) is 0 Å². The summed E-state index contributed by atoms with van der Waals surface area (Å²) in [5.74, 6) is 0. The molecule has 0 heterocycles. The molecular weight excluding hydrogens is 254 g/mol. The van der Waals surface area contributed by atoms with Gasteiger partial charge in [-0.25, -0.2) is 4.79 Å². The highest BCUT2D eigenvalue weighted by Gasteiger charge is 2.40. The lowest BCUT2D eigenvalue weighted by atomic mass is 10.0. The first-order chi connectivity index (χ1) is 8.52. The van der Waals surface area contributed by atoms with Crippen molar-refractivity contribution in [3.63, 3.8) is 0 Å². The van der Waals surface area contributed by atoms with Crippen molar-refractivity contribution in [2.45, 2.75) is 38.0 Å². The predicted octanol–water partition coefficient (Wildman–Crippen LogP) is 2.90. The number of carboxylic acid groups (broad SMARTS) is 1. The molecule has 2 N–H and O–H groups in total. The summed E-state index contributed by atoms with van der Waals surface area (Å²) in [5.41, 5.74) is 0.656. The van der Waals surface area contributed by atoms with Gasteiger partial charge in [0.1, 0.15) is 0 Å². The van der Waals surface area contributed by atoms with Gasteiger partial charge in [-0.3, -0.25) is 4.90 Å². The zero-order valence-electron chi connectivity index (χ0n) is 10.1. The van der Waals surface area contributed by atoms with Crippen LogP contribution in [-0.4, -0.2) is 33.4 Å². The minimum Gasteiger partial charge on any atom is -0.465 e. The number of amides is 1. The lowest BCUT2D eigenvalue weighted by Crippen LogP contribution is -2.40. The van der Waals surface area contributed by atoms with Crippen molar-refractivity contribution in [2.24, 2.45) is 0 Å². The van der Waals surface area contributed by atoms with Crippen LogP contribution in [0.25, 0.3) is 0 Å². The molecule has 1 saturated carbocycles. The Morgan fingerprint density at radius 3 is 2.50 bits per heavy atom. The third-order valence-corrected chi connectivity index (χ3v) is 3.49. The number of aliphatic hydroxyl groups excluding tert-OH is 1. The fraction of sp³-hybridized carbons (Fsp3) is 0.462. The summed E-state index contributed by atoms with van der Waals surface area (Å²) in [6.07, 6.45) is -0.120. The van der Waals surface area contributed by atoms with Gasteiger partial charge < -0.3 is 10.2 Å². The van der Waals surface area contributed by atoms with E-state index < -0.39 is 18.2 Å². The van der Waals surface area contributed by atoms with Crippen molar-refractivity contribution in [3.05, 3.63) is 34.9 Å². The summed E-state index contributed by atoms with van der Waals surface area (Å²) in [6.45, 7) is 1.59. The third-order valence-electron chi connectivity index (χ3n) is 3.14. The van der Waals surface area contributed by atoms with E-state index in [4.69, 9.17) is 11.6 Å². The van der Waals surface area contributed by atoms with E-state index in [9.17, 15) is 15.0 Å². The SMILES string of the molecule is C[C@@H](O)C(c1ccccc1Cl)N(C(=O)O)C1CC1. The Balaban J connectivity index is 2.38. The second kappa shape index (κ2) is 5.16. The fourth-order valence-corrected chi connectivity index (χ4v) is 2.46. The van der Waals surface area contributed by atoms with E-state index in [-0.39, 0.29) is 6.04 Å². The summed E-state index contributed by atoms with van der Waals surface area (Å²) < 4.78 is 0. The lowest BCUT2D eigenvalue weighted by Gasteiger charge is -2.32.